The van der Waals surface area contributed by atoms with Crippen LogP contribution in [0.25, 0.3) is 0 Å². The maximum atomic E-state index is 3.56. The van der Waals surface area contributed by atoms with Crippen molar-refractivity contribution in [1.29, 1.82) is 0 Å². The Morgan fingerprint density at radius 3 is 2.42 bits per heavy atom. The van der Waals surface area contributed by atoms with Crippen LogP contribution in [0.4, 0.5) is 0 Å². The topological polar surface area (TPSA) is 15.3 Å². The van der Waals surface area contributed by atoms with Gasteiger partial charge in [-0.1, -0.05) is 38.1 Å². The van der Waals surface area contributed by atoms with Crippen LogP contribution in [0.15, 0.2) is 24.3 Å². The zero-order chi connectivity index (χ0) is 14.0. The van der Waals surface area contributed by atoms with E-state index >= 15 is 0 Å². The van der Waals surface area contributed by atoms with Crippen molar-refractivity contribution in [3.8, 4) is 0 Å². The van der Waals surface area contributed by atoms with Crippen molar-refractivity contribution in [2.24, 2.45) is 0 Å². The zero-order valence-corrected chi connectivity index (χ0v) is 13.0. The van der Waals surface area contributed by atoms with E-state index in [1.807, 2.05) is 0 Å². The van der Waals surface area contributed by atoms with Crippen molar-refractivity contribution in [3.05, 3.63) is 35.4 Å². The number of hydrogen-bond acceptors (Lipinski definition) is 2. The Labute approximate surface area is 118 Å². The molecule has 106 valence electrons. The first-order valence-electron chi connectivity index (χ1n) is 7.61. The fraction of sp³-hybridized carbons (Fsp3) is 0.647. The zero-order valence-electron chi connectivity index (χ0n) is 13.0. The van der Waals surface area contributed by atoms with E-state index in [9.17, 15) is 0 Å². The molecule has 0 spiro atoms. The summed E-state index contributed by atoms with van der Waals surface area (Å²) in [5.41, 5.74) is 3.02. The second-order valence-corrected chi connectivity index (χ2v) is 6.02. The lowest BCUT2D eigenvalue weighted by Gasteiger charge is -2.44. The van der Waals surface area contributed by atoms with Gasteiger partial charge >= 0.3 is 0 Å². The van der Waals surface area contributed by atoms with Crippen molar-refractivity contribution < 1.29 is 0 Å². The van der Waals surface area contributed by atoms with Gasteiger partial charge in [0, 0.05) is 18.1 Å². The largest absolute Gasteiger partial charge is 0.312 e. The van der Waals surface area contributed by atoms with Gasteiger partial charge in [0.2, 0.25) is 0 Å². The number of nitrogens with zero attached hydrogens (tertiary/aromatic N) is 1. The minimum atomic E-state index is 0.453. The second-order valence-electron chi connectivity index (χ2n) is 6.02. The van der Waals surface area contributed by atoms with Crippen LogP contribution in [0.1, 0.15) is 57.2 Å². The van der Waals surface area contributed by atoms with Gasteiger partial charge in [-0.15, -0.1) is 0 Å². The first-order valence-corrected chi connectivity index (χ1v) is 7.61. The highest BCUT2D eigenvalue weighted by atomic mass is 15.2. The highest BCUT2D eigenvalue weighted by molar-refractivity contribution is 5.36. The summed E-state index contributed by atoms with van der Waals surface area (Å²) in [7, 11) is 2.10. The number of rotatable bonds is 4. The van der Waals surface area contributed by atoms with Gasteiger partial charge < -0.3 is 5.32 Å². The van der Waals surface area contributed by atoms with Gasteiger partial charge in [0.1, 0.15) is 0 Å². The monoisotopic (exact) mass is 260 g/mol. The summed E-state index contributed by atoms with van der Waals surface area (Å²) in [5.74, 6) is 0.651. The number of likely N-dealkylation sites (N-methyl/N-ethyl adjacent to an activating group) is 2. The molecule has 3 atom stereocenters. The minimum absolute atomic E-state index is 0.453. The summed E-state index contributed by atoms with van der Waals surface area (Å²) < 4.78 is 0. The number of nitrogens with one attached hydrogen (secondary N) is 1. The predicted octanol–water partition coefficient (Wildman–Crippen LogP) is 3.55. The van der Waals surface area contributed by atoms with E-state index in [0.717, 1.165) is 6.54 Å². The highest BCUT2D eigenvalue weighted by Crippen LogP contribution is 2.39. The predicted molar refractivity (Wildman–Crippen MR) is 82.6 cm³/mol. The molecular formula is C17H28N2. The number of fused-ring (bicyclic) bond motifs is 1. The van der Waals surface area contributed by atoms with Gasteiger partial charge in [0.05, 0.1) is 0 Å². The normalized spacial score (nSPS) is 26.8. The maximum absolute atomic E-state index is 3.56. The molecule has 3 unspecified atom stereocenters. The van der Waals surface area contributed by atoms with Crippen LogP contribution in [0.3, 0.4) is 0 Å². The van der Waals surface area contributed by atoms with Crippen LogP contribution in [-0.2, 0) is 0 Å². The molecule has 2 rings (SSSR count). The summed E-state index contributed by atoms with van der Waals surface area (Å²) in [6, 6.07) is 10.6. The molecule has 19 heavy (non-hydrogen) atoms. The first-order chi connectivity index (χ1) is 9.10. The van der Waals surface area contributed by atoms with Crippen LogP contribution in [0.2, 0.25) is 0 Å². The van der Waals surface area contributed by atoms with Gasteiger partial charge in [-0.05, 0) is 50.9 Å². The molecule has 2 heteroatoms. The lowest BCUT2D eigenvalue weighted by Crippen LogP contribution is -2.49. The Kier molecular flexibility index (Phi) is 4.64. The Morgan fingerprint density at radius 1 is 1.26 bits per heavy atom. The van der Waals surface area contributed by atoms with Crippen molar-refractivity contribution in [2.45, 2.75) is 58.2 Å². The van der Waals surface area contributed by atoms with Crippen LogP contribution in [0, 0.1) is 0 Å². The maximum Gasteiger partial charge on any atom is 0.0478 e. The van der Waals surface area contributed by atoms with Gasteiger partial charge in [-0.2, -0.15) is 0 Å². The molecule has 1 aromatic rings. The number of hydrogen-bond donors (Lipinski definition) is 1. The second kappa shape index (κ2) is 6.06. The smallest absolute Gasteiger partial charge is 0.0478 e. The summed E-state index contributed by atoms with van der Waals surface area (Å²) >= 11 is 0. The molecule has 0 aromatic heterocycles. The van der Waals surface area contributed by atoms with E-state index < -0.39 is 0 Å². The molecule has 1 aromatic carbocycles. The van der Waals surface area contributed by atoms with Crippen LogP contribution in [-0.4, -0.2) is 30.6 Å². The lowest BCUT2D eigenvalue weighted by atomic mass is 9.77. The van der Waals surface area contributed by atoms with Crippen LogP contribution in [0.5, 0.6) is 0 Å². The van der Waals surface area contributed by atoms with Crippen molar-refractivity contribution >= 4 is 0 Å². The Morgan fingerprint density at radius 2 is 1.89 bits per heavy atom. The summed E-state index contributed by atoms with van der Waals surface area (Å²) in [4.78, 5) is 2.63. The Bertz CT molecular complexity index is 413. The molecule has 0 fully saturated rings. The van der Waals surface area contributed by atoms with Gasteiger partial charge in [0.25, 0.3) is 0 Å². The van der Waals surface area contributed by atoms with Crippen molar-refractivity contribution in [1.82, 2.24) is 10.2 Å². The van der Waals surface area contributed by atoms with Gasteiger partial charge in [0.15, 0.2) is 0 Å². The molecule has 0 heterocycles. The molecular weight excluding hydrogens is 232 g/mol. The molecule has 0 saturated heterocycles. The van der Waals surface area contributed by atoms with Gasteiger partial charge in [-0.3, -0.25) is 4.90 Å². The summed E-state index contributed by atoms with van der Waals surface area (Å²) in [6.07, 6.45) is 1.24. The van der Waals surface area contributed by atoms with E-state index in [2.05, 4.69) is 69.2 Å². The van der Waals surface area contributed by atoms with Crippen molar-refractivity contribution in [2.75, 3.05) is 13.6 Å². The summed E-state index contributed by atoms with van der Waals surface area (Å²) in [6.45, 7) is 10.4. The third-order valence-corrected chi connectivity index (χ3v) is 4.61. The third kappa shape index (κ3) is 2.70. The lowest BCUT2D eigenvalue weighted by molar-refractivity contribution is 0.110. The van der Waals surface area contributed by atoms with E-state index in [1.165, 1.54) is 17.5 Å². The minimum Gasteiger partial charge on any atom is -0.312 e. The Hall–Kier alpha value is -0.860. The number of benzene rings is 1. The fourth-order valence-electron chi connectivity index (χ4n) is 3.73. The Balaban J connectivity index is 2.38. The fourth-order valence-corrected chi connectivity index (χ4v) is 3.73. The average Bonchev–Trinajstić information content (AvgIpc) is 2.39. The molecule has 0 aliphatic heterocycles. The first kappa shape index (κ1) is 14.5. The standard InChI is InChI=1S/C17H28N2/c1-6-19(12(2)3)16-11-13(4)14-9-7-8-10-15(14)17(16)18-5/h7-10,12-13,16-18H,6,11H2,1-5H3. The van der Waals surface area contributed by atoms with Crippen LogP contribution >= 0.6 is 0 Å². The van der Waals surface area contributed by atoms with E-state index in [0.29, 0.717) is 24.0 Å². The quantitative estimate of drug-likeness (QED) is 0.890. The van der Waals surface area contributed by atoms with E-state index in [4.69, 9.17) is 0 Å². The van der Waals surface area contributed by atoms with Gasteiger partial charge in [-0.25, -0.2) is 0 Å². The molecule has 0 radical (unpaired) electrons. The molecule has 1 N–H and O–H groups in total. The highest BCUT2D eigenvalue weighted by Gasteiger charge is 2.35. The molecule has 1 aliphatic rings. The SMILES string of the molecule is CCN(C(C)C)C1CC(C)c2ccccc2C1NC. The summed E-state index contributed by atoms with van der Waals surface area (Å²) in [5, 5.41) is 3.56. The molecule has 0 saturated carbocycles. The molecule has 0 bridgehead atoms. The average molecular weight is 260 g/mol. The van der Waals surface area contributed by atoms with E-state index in [-0.39, 0.29) is 0 Å². The van der Waals surface area contributed by atoms with Crippen molar-refractivity contribution in [3.63, 3.8) is 0 Å². The van der Waals surface area contributed by atoms with Crippen LogP contribution < -0.4 is 5.32 Å². The molecule has 0 amide bonds. The van der Waals surface area contributed by atoms with E-state index in [1.54, 1.807) is 0 Å². The molecule has 2 nitrogen and oxygen atoms in total. The third-order valence-electron chi connectivity index (χ3n) is 4.61. The molecule has 1 aliphatic carbocycles.